The maximum atomic E-state index is 13.6. The monoisotopic (exact) mass is 570 g/mol. The molecular weight excluding hydrogens is 540 g/mol. The molecule has 0 aliphatic heterocycles. The van der Waals surface area contributed by atoms with Gasteiger partial charge in [0.15, 0.2) is 6.61 Å². The van der Waals surface area contributed by atoms with Crippen LogP contribution in [0.1, 0.15) is 36.1 Å². The van der Waals surface area contributed by atoms with E-state index in [-0.39, 0.29) is 31.0 Å². The molecule has 0 aliphatic rings. The van der Waals surface area contributed by atoms with Gasteiger partial charge in [-0.2, -0.15) is 0 Å². The molecule has 1 N–H and O–H groups in total. The molecule has 0 fully saturated rings. The van der Waals surface area contributed by atoms with Crippen molar-refractivity contribution in [1.82, 2.24) is 10.2 Å². The molecule has 7 heteroatoms. The molecule has 0 saturated heterocycles. The molecule has 5 nitrogen and oxygen atoms in total. The predicted octanol–water partition coefficient (Wildman–Crippen LogP) is 6.26. The number of nitrogens with one attached hydrogen (secondary N) is 1. The molecule has 3 rings (SSSR count). The van der Waals surface area contributed by atoms with Gasteiger partial charge in [-0.25, -0.2) is 0 Å². The zero-order valence-corrected chi connectivity index (χ0v) is 23.4. The number of amides is 2. The Labute approximate surface area is 226 Å². The molecule has 1 unspecified atom stereocenters. The molecule has 36 heavy (non-hydrogen) atoms. The van der Waals surface area contributed by atoms with E-state index in [4.69, 9.17) is 16.3 Å². The van der Waals surface area contributed by atoms with Crippen LogP contribution in [0.5, 0.6) is 5.75 Å². The van der Waals surface area contributed by atoms with Crippen LogP contribution in [-0.4, -0.2) is 35.4 Å². The minimum atomic E-state index is -0.710. The number of hydrogen-bond acceptors (Lipinski definition) is 3. The maximum Gasteiger partial charge on any atom is 0.261 e. The van der Waals surface area contributed by atoms with Crippen LogP contribution >= 0.6 is 27.5 Å². The number of nitrogens with zero attached hydrogens (tertiary/aromatic N) is 1. The molecule has 0 heterocycles. The van der Waals surface area contributed by atoms with Crippen molar-refractivity contribution in [2.75, 3.05) is 6.61 Å². The topological polar surface area (TPSA) is 58.6 Å². The Morgan fingerprint density at radius 1 is 0.972 bits per heavy atom. The van der Waals surface area contributed by atoms with Crippen LogP contribution in [0.3, 0.4) is 0 Å². The van der Waals surface area contributed by atoms with Crippen molar-refractivity contribution >= 4 is 39.3 Å². The maximum absolute atomic E-state index is 13.6. The quantitative estimate of drug-likeness (QED) is 0.312. The molecule has 0 aromatic heterocycles. The summed E-state index contributed by atoms with van der Waals surface area (Å²) in [5.74, 6) is 0.0897. The summed E-state index contributed by atoms with van der Waals surface area (Å²) in [7, 11) is 0. The fraction of sp³-hybridized carbons (Fsp3) is 0.310. The molecule has 0 saturated carbocycles. The normalized spacial score (nSPS) is 11.8. The number of rotatable bonds is 10. The Hall–Kier alpha value is -2.83. The zero-order valence-electron chi connectivity index (χ0n) is 21.1. The van der Waals surface area contributed by atoms with Crippen LogP contribution in [0.4, 0.5) is 0 Å². The Bertz CT molecular complexity index is 1180. The lowest BCUT2D eigenvalue weighted by atomic mass is 10.0. The van der Waals surface area contributed by atoms with E-state index < -0.39 is 6.04 Å². The number of halogens is 2. The van der Waals surface area contributed by atoms with Gasteiger partial charge in [-0.3, -0.25) is 9.59 Å². The molecule has 2 amide bonds. The highest BCUT2D eigenvalue weighted by atomic mass is 79.9. The number of aryl methyl sites for hydroxylation is 2. The average molecular weight is 572 g/mol. The number of benzene rings is 3. The van der Waals surface area contributed by atoms with Crippen LogP contribution < -0.4 is 10.1 Å². The van der Waals surface area contributed by atoms with Gasteiger partial charge in [0.1, 0.15) is 11.8 Å². The largest absolute Gasteiger partial charge is 0.484 e. The van der Waals surface area contributed by atoms with Crippen LogP contribution in [0, 0.1) is 13.8 Å². The van der Waals surface area contributed by atoms with E-state index >= 15 is 0 Å². The molecule has 0 aliphatic carbocycles. The second-order valence-corrected chi connectivity index (χ2v) is 10.5. The first-order valence-corrected chi connectivity index (χ1v) is 13.1. The van der Waals surface area contributed by atoms with Gasteiger partial charge in [-0.15, -0.1) is 0 Å². The van der Waals surface area contributed by atoms with E-state index in [1.54, 1.807) is 4.90 Å². The molecule has 1 atom stereocenters. The Balaban J connectivity index is 1.92. The fourth-order valence-corrected chi connectivity index (χ4v) is 4.54. The molecular formula is C29H32BrClN2O3. The van der Waals surface area contributed by atoms with E-state index in [0.29, 0.717) is 17.2 Å². The van der Waals surface area contributed by atoms with Gasteiger partial charge in [0.05, 0.1) is 0 Å². The van der Waals surface area contributed by atoms with Gasteiger partial charge < -0.3 is 15.0 Å². The van der Waals surface area contributed by atoms with Crippen molar-refractivity contribution in [3.63, 3.8) is 0 Å². The second-order valence-electron chi connectivity index (χ2n) is 9.18. The summed E-state index contributed by atoms with van der Waals surface area (Å²) in [6.07, 6.45) is 0.387. The highest BCUT2D eigenvalue weighted by Gasteiger charge is 2.31. The van der Waals surface area contributed by atoms with Gasteiger partial charge in [0, 0.05) is 28.5 Å². The molecule has 0 bridgehead atoms. The first-order valence-electron chi connectivity index (χ1n) is 11.9. The van der Waals surface area contributed by atoms with Crippen molar-refractivity contribution in [3.8, 4) is 5.75 Å². The highest BCUT2D eigenvalue weighted by Crippen LogP contribution is 2.26. The van der Waals surface area contributed by atoms with Gasteiger partial charge in [-0.05, 0) is 74.2 Å². The molecule has 3 aromatic rings. The Morgan fingerprint density at radius 3 is 2.22 bits per heavy atom. The number of ether oxygens (including phenoxy) is 1. The standard InChI is InChI=1S/C29H32BrClN2O3/c1-19(2)32-29(35)26(16-22-9-6-5-7-10-22)33(17-23-11-8-12-24(30)15-23)27(34)18-36-25-13-20(3)28(31)21(4)14-25/h5-15,19,26H,16-18H2,1-4H3,(H,32,35). The average Bonchev–Trinajstić information content (AvgIpc) is 2.83. The first-order chi connectivity index (χ1) is 17.1. The minimum absolute atomic E-state index is 0.0603. The summed E-state index contributed by atoms with van der Waals surface area (Å²) in [6.45, 7) is 7.68. The molecule has 0 spiro atoms. The van der Waals surface area contributed by atoms with Crippen LogP contribution in [0.2, 0.25) is 5.02 Å². The van der Waals surface area contributed by atoms with Crippen LogP contribution in [0.15, 0.2) is 71.2 Å². The summed E-state index contributed by atoms with van der Waals surface area (Å²) in [5, 5.41) is 3.67. The van der Waals surface area contributed by atoms with E-state index in [9.17, 15) is 9.59 Å². The van der Waals surface area contributed by atoms with Crippen molar-refractivity contribution in [2.24, 2.45) is 0 Å². The van der Waals surface area contributed by atoms with Crippen LogP contribution in [-0.2, 0) is 22.6 Å². The lowest BCUT2D eigenvalue weighted by Gasteiger charge is -2.32. The molecule has 190 valence electrons. The van der Waals surface area contributed by atoms with E-state index in [2.05, 4.69) is 21.2 Å². The van der Waals surface area contributed by atoms with E-state index in [0.717, 1.165) is 26.7 Å². The summed E-state index contributed by atoms with van der Waals surface area (Å²) < 4.78 is 6.80. The number of carbonyl (C=O) groups excluding carboxylic acids is 2. The summed E-state index contributed by atoms with van der Waals surface area (Å²) >= 11 is 9.79. The lowest BCUT2D eigenvalue weighted by molar-refractivity contribution is -0.143. The third kappa shape index (κ3) is 7.84. The Kier molecular flexibility index (Phi) is 9.97. The summed E-state index contributed by atoms with van der Waals surface area (Å²) in [4.78, 5) is 28.7. The van der Waals surface area contributed by atoms with E-state index in [1.807, 2.05) is 94.4 Å². The van der Waals surface area contributed by atoms with E-state index in [1.165, 1.54) is 0 Å². The van der Waals surface area contributed by atoms with Crippen molar-refractivity contribution in [2.45, 2.75) is 52.7 Å². The van der Waals surface area contributed by atoms with Gasteiger partial charge in [-0.1, -0.05) is 70.0 Å². The smallest absolute Gasteiger partial charge is 0.261 e. The Morgan fingerprint density at radius 2 is 1.61 bits per heavy atom. The second kappa shape index (κ2) is 12.9. The molecule has 0 radical (unpaired) electrons. The third-order valence-corrected chi connectivity index (χ3v) is 6.81. The first kappa shape index (κ1) is 27.8. The highest BCUT2D eigenvalue weighted by molar-refractivity contribution is 9.10. The van der Waals surface area contributed by atoms with Gasteiger partial charge in [0.2, 0.25) is 5.91 Å². The number of carbonyl (C=O) groups is 2. The predicted molar refractivity (Wildman–Crippen MR) is 148 cm³/mol. The van der Waals surface area contributed by atoms with Crippen molar-refractivity contribution < 1.29 is 14.3 Å². The van der Waals surface area contributed by atoms with Gasteiger partial charge >= 0.3 is 0 Å². The fourth-order valence-electron chi connectivity index (χ4n) is 3.98. The molecule has 3 aromatic carbocycles. The van der Waals surface area contributed by atoms with Crippen molar-refractivity contribution in [1.29, 1.82) is 0 Å². The third-order valence-electron chi connectivity index (χ3n) is 5.72. The van der Waals surface area contributed by atoms with Crippen molar-refractivity contribution in [3.05, 3.63) is 98.5 Å². The lowest BCUT2D eigenvalue weighted by Crippen LogP contribution is -2.52. The van der Waals surface area contributed by atoms with Crippen LogP contribution in [0.25, 0.3) is 0 Å². The van der Waals surface area contributed by atoms with Gasteiger partial charge in [0.25, 0.3) is 5.91 Å². The minimum Gasteiger partial charge on any atom is -0.484 e. The SMILES string of the molecule is Cc1cc(OCC(=O)N(Cc2cccc(Br)c2)C(Cc2ccccc2)C(=O)NC(C)C)cc(C)c1Cl. The zero-order chi connectivity index (χ0) is 26.2. The number of hydrogen-bond donors (Lipinski definition) is 1. The summed E-state index contributed by atoms with van der Waals surface area (Å²) in [6, 6.07) is 20.3. The summed E-state index contributed by atoms with van der Waals surface area (Å²) in [5.41, 5.74) is 3.64.